The summed E-state index contributed by atoms with van der Waals surface area (Å²) in [5.41, 5.74) is 1.35. The highest BCUT2D eigenvalue weighted by Crippen LogP contribution is 2.45. The van der Waals surface area contributed by atoms with E-state index >= 15 is 0 Å². The van der Waals surface area contributed by atoms with Gasteiger partial charge in [-0.3, -0.25) is 9.59 Å². The van der Waals surface area contributed by atoms with Crippen LogP contribution >= 0.6 is 0 Å². The van der Waals surface area contributed by atoms with Crippen molar-refractivity contribution in [1.29, 1.82) is 0 Å². The lowest BCUT2D eigenvalue weighted by Crippen LogP contribution is -2.45. The molecule has 4 heteroatoms. The Morgan fingerprint density at radius 3 is 2.61 bits per heavy atom. The Morgan fingerprint density at radius 2 is 1.94 bits per heavy atom. The zero-order valence-corrected chi connectivity index (χ0v) is 19.8. The smallest absolute Gasteiger partial charge is 0.308 e. The monoisotopic (exact) mass is 431 g/mol. The van der Waals surface area contributed by atoms with Gasteiger partial charge in [-0.2, -0.15) is 0 Å². The number of allylic oxidation sites excluding steroid dienone is 3. The molecule has 0 spiro atoms. The molecule has 1 saturated heterocycles. The van der Waals surface area contributed by atoms with Gasteiger partial charge >= 0.3 is 5.97 Å². The van der Waals surface area contributed by atoms with Crippen molar-refractivity contribution in [2.45, 2.75) is 92.7 Å². The summed E-state index contributed by atoms with van der Waals surface area (Å²) in [6, 6.07) is 0.329. The largest absolute Gasteiger partial charge is 0.461 e. The molecule has 3 rings (SSSR count). The van der Waals surface area contributed by atoms with E-state index in [1.54, 1.807) is 0 Å². The summed E-state index contributed by atoms with van der Waals surface area (Å²) in [5.74, 6) is 2.25. The third-order valence-electron chi connectivity index (χ3n) is 7.85. The number of nitrogens with zero attached hydrogens (tertiary/aromatic N) is 1. The lowest BCUT2D eigenvalue weighted by atomic mass is 9.65. The predicted molar refractivity (Wildman–Crippen MR) is 127 cm³/mol. The molecule has 1 heterocycles. The second kappa shape index (κ2) is 10.8. The highest BCUT2D eigenvalue weighted by atomic mass is 16.5. The molecule has 0 aromatic rings. The highest BCUT2D eigenvalue weighted by molar-refractivity contribution is 5.77. The number of amides is 1. The Morgan fingerprint density at radius 1 is 1.23 bits per heavy atom. The number of fused-ring (bicyclic) bond motifs is 1. The molecule has 0 aromatic heterocycles. The Labute approximate surface area is 190 Å². The summed E-state index contributed by atoms with van der Waals surface area (Å²) in [5, 5.41) is 0. The van der Waals surface area contributed by atoms with E-state index in [9.17, 15) is 9.59 Å². The van der Waals surface area contributed by atoms with Crippen molar-refractivity contribution in [1.82, 2.24) is 4.90 Å². The summed E-state index contributed by atoms with van der Waals surface area (Å²) >= 11 is 0. The van der Waals surface area contributed by atoms with Gasteiger partial charge in [0.15, 0.2) is 0 Å². The summed E-state index contributed by atoms with van der Waals surface area (Å²) < 4.78 is 6.13. The van der Waals surface area contributed by atoms with Gasteiger partial charge in [0, 0.05) is 25.4 Å². The lowest BCUT2D eigenvalue weighted by molar-refractivity contribution is -0.158. The molecule has 8 atom stereocenters. The minimum Gasteiger partial charge on any atom is -0.461 e. The second-order valence-electron chi connectivity index (χ2n) is 10.4. The third kappa shape index (κ3) is 5.81. The number of likely N-dealkylation sites (tertiary alicyclic amines) is 1. The van der Waals surface area contributed by atoms with E-state index in [0.717, 1.165) is 32.1 Å². The van der Waals surface area contributed by atoms with Gasteiger partial charge < -0.3 is 9.64 Å². The minimum absolute atomic E-state index is 0. The summed E-state index contributed by atoms with van der Waals surface area (Å²) in [6.45, 7) is 10.7. The number of rotatable bonds is 6. The third-order valence-corrected chi connectivity index (χ3v) is 7.85. The number of carbonyl (C=O) groups excluding carboxylic acids is 2. The molecule has 0 bridgehead atoms. The summed E-state index contributed by atoms with van der Waals surface area (Å²) in [4.78, 5) is 26.9. The lowest BCUT2D eigenvalue weighted by Gasteiger charge is -2.44. The molecule has 176 valence electrons. The summed E-state index contributed by atoms with van der Waals surface area (Å²) in [6.07, 6.45) is 12.5. The van der Waals surface area contributed by atoms with Crippen LogP contribution in [0.1, 0.15) is 80.6 Å². The summed E-state index contributed by atoms with van der Waals surface area (Å²) in [7, 11) is 1.97. The Hall–Kier alpha value is -1.58. The molecule has 1 fully saturated rings. The molecule has 31 heavy (non-hydrogen) atoms. The minimum atomic E-state index is -0.0525. The maximum atomic E-state index is 12.6. The standard InChI is InChI=1S/C26H41NO3.CH4/c1-7-18(4)26(29)30-23-14-16(2)12-20-9-8-19(5)22(25(20)23)11-10-21-13-17(3)15-24(28)27(21)6;/h8-9,12,16-19,21-23,25H,7,10-11,13-15H2,1-6H3;1H4/t16-,17+,18-,19-,21-,22-,23-,25-;/m0./s1. The van der Waals surface area contributed by atoms with Gasteiger partial charge in [-0.1, -0.05) is 60.3 Å². The molecule has 1 aliphatic heterocycles. The molecule has 0 radical (unpaired) electrons. The van der Waals surface area contributed by atoms with Crippen molar-refractivity contribution in [2.24, 2.45) is 35.5 Å². The van der Waals surface area contributed by atoms with E-state index in [0.29, 0.717) is 36.1 Å². The molecule has 4 nitrogen and oxygen atoms in total. The van der Waals surface area contributed by atoms with E-state index in [4.69, 9.17) is 4.74 Å². The van der Waals surface area contributed by atoms with Crippen LogP contribution in [0.3, 0.4) is 0 Å². The maximum absolute atomic E-state index is 12.6. The predicted octanol–water partition coefficient (Wildman–Crippen LogP) is 6.02. The topological polar surface area (TPSA) is 46.6 Å². The Bertz CT molecular complexity index is 697. The zero-order valence-electron chi connectivity index (χ0n) is 19.8. The van der Waals surface area contributed by atoms with Crippen LogP contribution in [0.15, 0.2) is 23.8 Å². The zero-order chi connectivity index (χ0) is 22.0. The van der Waals surface area contributed by atoms with Gasteiger partial charge in [-0.15, -0.1) is 0 Å². The number of ether oxygens (including phenoxy) is 1. The molecule has 3 aliphatic rings. The number of carbonyl (C=O) groups is 2. The van der Waals surface area contributed by atoms with Crippen LogP contribution in [-0.4, -0.2) is 36.0 Å². The van der Waals surface area contributed by atoms with Gasteiger partial charge in [0.2, 0.25) is 5.91 Å². The number of piperidine rings is 1. The molecule has 2 aliphatic carbocycles. The first-order valence-electron chi connectivity index (χ1n) is 12.1. The second-order valence-corrected chi connectivity index (χ2v) is 10.4. The molecular formula is C27H45NO3. The highest BCUT2D eigenvalue weighted by Gasteiger charge is 2.42. The van der Waals surface area contributed by atoms with Crippen LogP contribution in [-0.2, 0) is 14.3 Å². The molecule has 1 amide bonds. The fourth-order valence-electron chi connectivity index (χ4n) is 5.70. The van der Waals surface area contributed by atoms with E-state index in [1.807, 2.05) is 25.8 Å². The van der Waals surface area contributed by atoms with E-state index < -0.39 is 0 Å². The quantitative estimate of drug-likeness (QED) is 0.483. The average Bonchev–Trinajstić information content (AvgIpc) is 2.69. The van der Waals surface area contributed by atoms with Gasteiger partial charge in [-0.25, -0.2) is 0 Å². The van der Waals surface area contributed by atoms with Gasteiger partial charge in [0.1, 0.15) is 6.10 Å². The average molecular weight is 432 g/mol. The van der Waals surface area contributed by atoms with Gasteiger partial charge in [0.05, 0.1) is 5.92 Å². The maximum Gasteiger partial charge on any atom is 0.308 e. The van der Waals surface area contributed by atoms with Gasteiger partial charge in [-0.05, 0) is 61.3 Å². The van der Waals surface area contributed by atoms with Crippen molar-refractivity contribution in [3.05, 3.63) is 23.8 Å². The van der Waals surface area contributed by atoms with E-state index in [1.165, 1.54) is 5.57 Å². The van der Waals surface area contributed by atoms with Crippen LogP contribution in [0.4, 0.5) is 0 Å². The van der Waals surface area contributed by atoms with Crippen LogP contribution in [0.2, 0.25) is 0 Å². The molecule has 0 N–H and O–H groups in total. The van der Waals surface area contributed by atoms with Crippen molar-refractivity contribution in [2.75, 3.05) is 7.05 Å². The van der Waals surface area contributed by atoms with Crippen molar-refractivity contribution >= 4 is 11.9 Å². The van der Waals surface area contributed by atoms with Crippen molar-refractivity contribution < 1.29 is 14.3 Å². The number of esters is 1. The van der Waals surface area contributed by atoms with Gasteiger partial charge in [0.25, 0.3) is 0 Å². The first-order chi connectivity index (χ1) is 14.2. The normalized spacial score (nSPS) is 36.2. The number of hydrogen-bond acceptors (Lipinski definition) is 3. The van der Waals surface area contributed by atoms with Crippen LogP contribution in [0.25, 0.3) is 0 Å². The Balaban J connectivity index is 0.00000341. The number of hydrogen-bond donors (Lipinski definition) is 0. The fraction of sp³-hybridized carbons (Fsp3) is 0.778. The van der Waals surface area contributed by atoms with Crippen LogP contribution < -0.4 is 0 Å². The fourth-order valence-corrected chi connectivity index (χ4v) is 5.70. The Kier molecular flexibility index (Phi) is 8.97. The van der Waals surface area contributed by atoms with Crippen molar-refractivity contribution in [3.63, 3.8) is 0 Å². The van der Waals surface area contributed by atoms with Crippen LogP contribution in [0.5, 0.6) is 0 Å². The molecule has 0 saturated carbocycles. The van der Waals surface area contributed by atoms with E-state index in [2.05, 4.69) is 39.0 Å². The molecule has 0 aromatic carbocycles. The first-order valence-corrected chi connectivity index (χ1v) is 12.1. The van der Waals surface area contributed by atoms with E-state index in [-0.39, 0.29) is 37.2 Å². The van der Waals surface area contributed by atoms with Crippen LogP contribution in [0, 0.1) is 35.5 Å². The molecule has 0 unspecified atom stereocenters. The molecular weight excluding hydrogens is 386 g/mol. The first kappa shape index (κ1) is 25.7. The SMILES string of the molecule is C.CC[C@H](C)C(=O)O[C@H]1C[C@@H](C)C=C2C=C[C@H](C)[C@H](CC[C@H]3C[C@@H](C)CC(=O)N3C)[C@H]21. The van der Waals surface area contributed by atoms with Crippen molar-refractivity contribution in [3.8, 4) is 0 Å².